The van der Waals surface area contributed by atoms with Crippen molar-refractivity contribution in [2.75, 3.05) is 0 Å². The summed E-state index contributed by atoms with van der Waals surface area (Å²) in [6.07, 6.45) is 8.78. The molecule has 1 saturated heterocycles. The van der Waals surface area contributed by atoms with Gasteiger partial charge < -0.3 is 9.15 Å². The molecule has 1 aromatic heterocycles. The van der Waals surface area contributed by atoms with Gasteiger partial charge in [0.15, 0.2) is 0 Å². The Morgan fingerprint density at radius 3 is 2.71 bits per heavy atom. The first-order valence-corrected chi connectivity index (χ1v) is 6.71. The number of furan rings is 1. The Morgan fingerprint density at radius 1 is 1.24 bits per heavy atom. The van der Waals surface area contributed by atoms with Crippen LogP contribution in [-0.2, 0) is 4.74 Å². The van der Waals surface area contributed by atoms with Crippen LogP contribution in [0.2, 0.25) is 0 Å². The Hall–Kier alpha value is -0.760. The maximum absolute atomic E-state index is 6.37. The maximum atomic E-state index is 6.37. The molecule has 3 rings (SSSR count). The highest BCUT2D eigenvalue weighted by atomic mass is 16.5. The zero-order valence-corrected chi connectivity index (χ0v) is 11.0. The predicted octanol–water partition coefficient (Wildman–Crippen LogP) is 4.33. The molecule has 0 spiro atoms. The lowest BCUT2D eigenvalue weighted by molar-refractivity contribution is -0.0928. The lowest BCUT2D eigenvalue weighted by Crippen LogP contribution is -2.44. The van der Waals surface area contributed by atoms with E-state index in [-0.39, 0.29) is 11.7 Å². The van der Waals surface area contributed by atoms with Crippen LogP contribution in [-0.4, -0.2) is 5.60 Å². The van der Waals surface area contributed by atoms with E-state index in [2.05, 4.69) is 20.8 Å². The molecule has 17 heavy (non-hydrogen) atoms. The minimum absolute atomic E-state index is 0.0731. The number of hydrogen-bond donors (Lipinski definition) is 0. The van der Waals surface area contributed by atoms with Gasteiger partial charge in [0.1, 0.15) is 0 Å². The minimum atomic E-state index is 0.0731. The van der Waals surface area contributed by atoms with E-state index in [4.69, 9.17) is 9.15 Å². The quantitative estimate of drug-likeness (QED) is 0.721. The predicted molar refractivity (Wildman–Crippen MR) is 66.7 cm³/mol. The molecule has 2 nitrogen and oxygen atoms in total. The van der Waals surface area contributed by atoms with Gasteiger partial charge in [-0.2, -0.15) is 0 Å². The summed E-state index contributed by atoms with van der Waals surface area (Å²) in [4.78, 5) is 0. The fourth-order valence-electron chi connectivity index (χ4n) is 4.03. The molecule has 94 valence electrons. The topological polar surface area (TPSA) is 22.4 Å². The molecule has 0 bridgehead atoms. The number of hydrogen-bond acceptors (Lipinski definition) is 2. The molecule has 1 saturated carbocycles. The largest absolute Gasteiger partial charge is 0.472 e. The zero-order chi connectivity index (χ0) is 12.1. The molecular formula is C15H22O2. The Balaban J connectivity index is 1.88. The minimum Gasteiger partial charge on any atom is -0.472 e. The highest BCUT2D eigenvalue weighted by Crippen LogP contribution is 2.57. The van der Waals surface area contributed by atoms with Gasteiger partial charge in [0.25, 0.3) is 0 Å². The molecule has 2 fully saturated rings. The summed E-state index contributed by atoms with van der Waals surface area (Å²) >= 11 is 0. The molecule has 2 heteroatoms. The Labute approximate surface area is 103 Å². The summed E-state index contributed by atoms with van der Waals surface area (Å²) in [5, 5.41) is 0. The Morgan fingerprint density at radius 2 is 2.06 bits per heavy atom. The van der Waals surface area contributed by atoms with Gasteiger partial charge in [-0.15, -0.1) is 0 Å². The number of fused-ring (bicyclic) bond motifs is 1. The lowest BCUT2D eigenvalue weighted by atomic mass is 9.61. The third-order valence-corrected chi connectivity index (χ3v) is 4.95. The smallest absolute Gasteiger partial charge is 0.0960 e. The highest BCUT2D eigenvalue weighted by Gasteiger charge is 2.53. The van der Waals surface area contributed by atoms with Gasteiger partial charge >= 0.3 is 0 Å². The summed E-state index contributed by atoms with van der Waals surface area (Å²) in [6.45, 7) is 7.10. The van der Waals surface area contributed by atoms with E-state index in [1.54, 1.807) is 6.26 Å². The van der Waals surface area contributed by atoms with E-state index in [0.29, 0.717) is 11.3 Å². The Bertz CT molecular complexity index is 393. The van der Waals surface area contributed by atoms with E-state index >= 15 is 0 Å². The summed E-state index contributed by atoms with van der Waals surface area (Å²) in [5.41, 5.74) is 1.69. The van der Waals surface area contributed by atoms with Gasteiger partial charge in [-0.25, -0.2) is 0 Å². The van der Waals surface area contributed by atoms with Crippen molar-refractivity contribution < 1.29 is 9.15 Å². The lowest BCUT2D eigenvalue weighted by Gasteiger charge is -2.45. The van der Waals surface area contributed by atoms with E-state index in [9.17, 15) is 0 Å². The van der Waals surface area contributed by atoms with Gasteiger partial charge in [0, 0.05) is 5.56 Å². The fraction of sp³-hybridized carbons (Fsp3) is 0.733. The van der Waals surface area contributed by atoms with Crippen molar-refractivity contribution in [2.45, 2.75) is 58.2 Å². The second kappa shape index (κ2) is 3.61. The molecule has 3 atom stereocenters. The fourth-order valence-corrected chi connectivity index (χ4v) is 4.03. The Kier molecular flexibility index (Phi) is 2.41. The first-order chi connectivity index (χ1) is 8.01. The highest BCUT2D eigenvalue weighted by molar-refractivity contribution is 5.15. The van der Waals surface area contributed by atoms with E-state index < -0.39 is 0 Å². The molecule has 0 aromatic carbocycles. The third kappa shape index (κ3) is 1.74. The van der Waals surface area contributed by atoms with Gasteiger partial charge in [-0.05, 0) is 43.6 Å². The van der Waals surface area contributed by atoms with Crippen molar-refractivity contribution >= 4 is 0 Å². The van der Waals surface area contributed by atoms with Crippen molar-refractivity contribution in [1.82, 2.24) is 0 Å². The van der Waals surface area contributed by atoms with Crippen LogP contribution in [0.5, 0.6) is 0 Å². The molecule has 0 amide bonds. The summed E-state index contributed by atoms with van der Waals surface area (Å²) < 4.78 is 11.6. The molecule has 2 aliphatic rings. The van der Waals surface area contributed by atoms with Crippen LogP contribution in [0, 0.1) is 11.3 Å². The van der Waals surface area contributed by atoms with Crippen LogP contribution < -0.4 is 0 Å². The van der Waals surface area contributed by atoms with Crippen molar-refractivity contribution in [1.29, 1.82) is 0 Å². The average Bonchev–Trinajstić information content (AvgIpc) is 2.83. The van der Waals surface area contributed by atoms with Crippen LogP contribution in [0.15, 0.2) is 23.0 Å². The van der Waals surface area contributed by atoms with Gasteiger partial charge in [0.05, 0.1) is 24.2 Å². The normalized spacial score (nSPS) is 40.2. The molecule has 0 N–H and O–H groups in total. The van der Waals surface area contributed by atoms with Gasteiger partial charge in [0.2, 0.25) is 0 Å². The average molecular weight is 234 g/mol. The van der Waals surface area contributed by atoms with E-state index in [0.717, 1.165) is 6.42 Å². The summed E-state index contributed by atoms with van der Waals surface area (Å²) in [5.74, 6) is 0.670. The van der Waals surface area contributed by atoms with E-state index in [1.165, 1.54) is 24.8 Å². The van der Waals surface area contributed by atoms with Crippen molar-refractivity contribution in [2.24, 2.45) is 11.3 Å². The SMILES string of the molecule is CC1(C)CCC[C@@]2(C)O[C@@H](c3ccoc3)C[C@H]12. The van der Waals surface area contributed by atoms with Crippen LogP contribution in [0.1, 0.15) is 58.1 Å². The molecule has 0 unspecified atom stereocenters. The van der Waals surface area contributed by atoms with Crippen molar-refractivity contribution in [3.63, 3.8) is 0 Å². The van der Waals surface area contributed by atoms with Crippen molar-refractivity contribution in [3.8, 4) is 0 Å². The molecule has 1 aromatic rings. The maximum Gasteiger partial charge on any atom is 0.0960 e. The second-order valence-electron chi connectivity index (χ2n) is 6.61. The van der Waals surface area contributed by atoms with Crippen LogP contribution in [0.4, 0.5) is 0 Å². The third-order valence-electron chi connectivity index (χ3n) is 4.95. The van der Waals surface area contributed by atoms with E-state index in [1.807, 2.05) is 12.3 Å². The summed E-state index contributed by atoms with van der Waals surface area (Å²) in [7, 11) is 0. The number of ether oxygens (including phenoxy) is 1. The molecular weight excluding hydrogens is 212 g/mol. The molecule has 2 heterocycles. The number of rotatable bonds is 1. The van der Waals surface area contributed by atoms with Crippen LogP contribution in [0.3, 0.4) is 0 Å². The molecule has 1 aliphatic carbocycles. The van der Waals surface area contributed by atoms with Gasteiger partial charge in [-0.1, -0.05) is 20.3 Å². The second-order valence-corrected chi connectivity index (χ2v) is 6.61. The van der Waals surface area contributed by atoms with Crippen molar-refractivity contribution in [3.05, 3.63) is 24.2 Å². The van der Waals surface area contributed by atoms with Gasteiger partial charge in [-0.3, -0.25) is 0 Å². The standard InChI is InChI=1S/C15H22O2/c1-14(2)6-4-7-15(3)13(14)9-12(17-15)11-5-8-16-10-11/h5,8,10,12-13H,4,6-7,9H2,1-3H3/t12-,13-,15-/m1/s1. The first-order valence-electron chi connectivity index (χ1n) is 6.71. The molecule has 0 radical (unpaired) electrons. The monoisotopic (exact) mass is 234 g/mol. The van der Waals surface area contributed by atoms with Crippen LogP contribution >= 0.6 is 0 Å². The zero-order valence-electron chi connectivity index (χ0n) is 11.0. The molecule has 1 aliphatic heterocycles. The first kappa shape index (κ1) is 11.3. The summed E-state index contributed by atoms with van der Waals surface area (Å²) in [6, 6.07) is 2.04. The van der Waals surface area contributed by atoms with Crippen LogP contribution in [0.25, 0.3) is 0 Å².